The van der Waals surface area contributed by atoms with Gasteiger partial charge in [0.1, 0.15) is 0 Å². The summed E-state index contributed by atoms with van der Waals surface area (Å²) in [6.45, 7) is 0. The van der Waals surface area contributed by atoms with Crippen LogP contribution in [0.4, 0.5) is 0 Å². The molecule has 2 aromatic carbocycles. The molecule has 5 nitrogen and oxygen atoms in total. The second kappa shape index (κ2) is 8.29. The number of nitrogens with zero attached hydrogens (tertiary/aromatic N) is 1. The Morgan fingerprint density at radius 2 is 1.78 bits per heavy atom. The Labute approximate surface area is 166 Å². The van der Waals surface area contributed by atoms with Crippen molar-refractivity contribution in [3.8, 4) is 22.8 Å². The predicted octanol–water partition coefficient (Wildman–Crippen LogP) is 5.30. The van der Waals surface area contributed by atoms with Gasteiger partial charge < -0.3 is 9.47 Å². The van der Waals surface area contributed by atoms with Gasteiger partial charge in [0.05, 0.1) is 35.7 Å². The third kappa shape index (κ3) is 4.32. The first-order valence-corrected chi connectivity index (χ1v) is 8.72. The normalized spacial score (nSPS) is 11.0. The summed E-state index contributed by atoms with van der Waals surface area (Å²) in [6.07, 6.45) is 3.13. The molecule has 1 aromatic heterocycles. The number of aromatic amines is 1. The molecular formula is C20H16Cl2N2O3. The molecule has 0 unspecified atom stereocenters. The number of carbonyl (C=O) groups excluding carboxylic acids is 1. The third-order valence-electron chi connectivity index (χ3n) is 3.90. The summed E-state index contributed by atoms with van der Waals surface area (Å²) in [5.74, 6) is 0.902. The number of ether oxygens (including phenoxy) is 2. The molecule has 3 rings (SSSR count). The number of methoxy groups -OCH3 is 2. The number of ketones is 1. The number of allylic oxidation sites excluding steroid dienone is 1. The first kappa shape index (κ1) is 19.0. The van der Waals surface area contributed by atoms with Gasteiger partial charge in [-0.2, -0.15) is 5.10 Å². The van der Waals surface area contributed by atoms with E-state index in [0.717, 1.165) is 5.56 Å². The second-order valence-electron chi connectivity index (χ2n) is 5.60. The van der Waals surface area contributed by atoms with E-state index in [2.05, 4.69) is 10.2 Å². The maximum absolute atomic E-state index is 12.4. The first-order chi connectivity index (χ1) is 13.0. The van der Waals surface area contributed by atoms with Crippen molar-refractivity contribution >= 4 is 35.1 Å². The van der Waals surface area contributed by atoms with Crippen LogP contribution in [0.5, 0.6) is 11.5 Å². The Morgan fingerprint density at radius 1 is 1.00 bits per heavy atom. The van der Waals surface area contributed by atoms with Crippen molar-refractivity contribution in [3.63, 3.8) is 0 Å². The maximum Gasteiger partial charge on any atom is 0.186 e. The van der Waals surface area contributed by atoms with Crippen LogP contribution in [0.2, 0.25) is 10.0 Å². The van der Waals surface area contributed by atoms with Gasteiger partial charge in [0, 0.05) is 11.1 Å². The number of nitrogens with one attached hydrogen (secondary N) is 1. The third-order valence-corrected chi connectivity index (χ3v) is 4.63. The summed E-state index contributed by atoms with van der Waals surface area (Å²) in [7, 11) is 3.07. The number of halogens is 2. The molecule has 27 heavy (non-hydrogen) atoms. The summed E-state index contributed by atoms with van der Waals surface area (Å²) in [4.78, 5) is 12.4. The highest BCUT2D eigenvalue weighted by Crippen LogP contribution is 2.29. The van der Waals surface area contributed by atoms with Crippen molar-refractivity contribution in [2.24, 2.45) is 0 Å². The minimum Gasteiger partial charge on any atom is -0.493 e. The highest BCUT2D eigenvalue weighted by atomic mass is 35.5. The van der Waals surface area contributed by atoms with Gasteiger partial charge in [0.25, 0.3) is 0 Å². The van der Waals surface area contributed by atoms with Crippen molar-refractivity contribution in [2.75, 3.05) is 14.2 Å². The summed E-state index contributed by atoms with van der Waals surface area (Å²) >= 11 is 12.0. The zero-order valence-electron chi connectivity index (χ0n) is 14.6. The molecule has 0 bridgehead atoms. The fourth-order valence-corrected chi connectivity index (χ4v) is 2.77. The standard InChI is InChI=1S/C20H16Cl2N2O3/c1-26-19-8-4-13(10-20(19)27-2)18(25)7-5-14-11-17(24-23-14)12-3-6-15(21)16(22)9-12/h3-11H,1-2H3,(H,23,24)/b7-5+. The summed E-state index contributed by atoms with van der Waals surface area (Å²) < 4.78 is 10.4. The Hall–Kier alpha value is -2.76. The highest BCUT2D eigenvalue weighted by molar-refractivity contribution is 6.42. The van der Waals surface area contributed by atoms with Crippen LogP contribution in [-0.4, -0.2) is 30.2 Å². The summed E-state index contributed by atoms with van der Waals surface area (Å²) in [5, 5.41) is 8.05. The molecule has 0 aliphatic carbocycles. The Morgan fingerprint density at radius 3 is 2.48 bits per heavy atom. The number of hydrogen-bond acceptors (Lipinski definition) is 4. The van der Waals surface area contributed by atoms with Crippen LogP contribution in [0.3, 0.4) is 0 Å². The summed E-state index contributed by atoms with van der Waals surface area (Å²) in [6, 6.07) is 12.1. The van der Waals surface area contributed by atoms with Gasteiger partial charge in [0.2, 0.25) is 0 Å². The van der Waals surface area contributed by atoms with E-state index in [1.807, 2.05) is 12.1 Å². The van der Waals surface area contributed by atoms with Crippen LogP contribution in [-0.2, 0) is 0 Å². The lowest BCUT2D eigenvalue weighted by atomic mass is 10.1. The number of H-pyrrole nitrogens is 1. The zero-order valence-corrected chi connectivity index (χ0v) is 16.1. The van der Waals surface area contributed by atoms with Crippen molar-refractivity contribution in [1.29, 1.82) is 0 Å². The van der Waals surface area contributed by atoms with Gasteiger partial charge in [-0.05, 0) is 48.6 Å². The van der Waals surface area contributed by atoms with Gasteiger partial charge in [-0.1, -0.05) is 29.3 Å². The minimum atomic E-state index is -0.165. The Kier molecular flexibility index (Phi) is 5.84. The van der Waals surface area contributed by atoms with Gasteiger partial charge in [-0.15, -0.1) is 0 Å². The lowest BCUT2D eigenvalue weighted by Gasteiger charge is -2.07. The molecule has 0 atom stereocenters. The highest BCUT2D eigenvalue weighted by Gasteiger charge is 2.09. The van der Waals surface area contributed by atoms with E-state index in [1.165, 1.54) is 13.2 Å². The molecule has 0 radical (unpaired) electrons. The molecule has 3 aromatic rings. The number of aromatic nitrogens is 2. The van der Waals surface area contributed by atoms with Gasteiger partial charge in [-0.25, -0.2) is 0 Å². The minimum absolute atomic E-state index is 0.165. The van der Waals surface area contributed by atoms with Crippen molar-refractivity contribution in [1.82, 2.24) is 10.2 Å². The van der Waals surface area contributed by atoms with E-state index in [4.69, 9.17) is 32.7 Å². The van der Waals surface area contributed by atoms with Crippen LogP contribution in [0.25, 0.3) is 17.3 Å². The molecule has 0 spiro atoms. The smallest absolute Gasteiger partial charge is 0.186 e. The Balaban J connectivity index is 1.77. The molecule has 0 saturated heterocycles. The quantitative estimate of drug-likeness (QED) is 0.448. The van der Waals surface area contributed by atoms with Gasteiger partial charge in [-0.3, -0.25) is 9.89 Å². The molecule has 0 amide bonds. The Bertz CT molecular complexity index is 1010. The maximum atomic E-state index is 12.4. The van der Waals surface area contributed by atoms with Crippen molar-refractivity contribution in [3.05, 3.63) is 69.8 Å². The molecule has 0 aliphatic rings. The fraction of sp³-hybridized carbons (Fsp3) is 0.100. The number of hydrogen-bond donors (Lipinski definition) is 1. The van der Waals surface area contributed by atoms with Crippen molar-refractivity contribution < 1.29 is 14.3 Å². The molecule has 0 saturated carbocycles. The largest absolute Gasteiger partial charge is 0.493 e. The summed E-state index contributed by atoms with van der Waals surface area (Å²) in [5.41, 5.74) is 2.70. The monoisotopic (exact) mass is 402 g/mol. The van der Waals surface area contributed by atoms with Crippen LogP contribution < -0.4 is 9.47 Å². The van der Waals surface area contributed by atoms with E-state index < -0.39 is 0 Å². The lowest BCUT2D eigenvalue weighted by molar-refractivity contribution is 0.104. The molecule has 7 heteroatoms. The SMILES string of the molecule is COc1ccc(C(=O)/C=C/c2cc(-c3ccc(Cl)c(Cl)c3)n[nH]2)cc1OC. The fourth-order valence-electron chi connectivity index (χ4n) is 2.48. The zero-order chi connectivity index (χ0) is 19.4. The van der Waals surface area contributed by atoms with E-state index in [0.29, 0.717) is 38.5 Å². The molecule has 0 fully saturated rings. The van der Waals surface area contributed by atoms with E-state index >= 15 is 0 Å². The predicted molar refractivity (Wildman–Crippen MR) is 107 cm³/mol. The van der Waals surface area contributed by atoms with Crippen LogP contribution in [0.1, 0.15) is 16.1 Å². The topological polar surface area (TPSA) is 64.2 Å². The number of carbonyl (C=O) groups is 1. The van der Waals surface area contributed by atoms with Crippen LogP contribution >= 0.6 is 23.2 Å². The molecule has 138 valence electrons. The average molecular weight is 403 g/mol. The van der Waals surface area contributed by atoms with E-state index in [1.54, 1.807) is 43.5 Å². The van der Waals surface area contributed by atoms with Gasteiger partial charge in [0.15, 0.2) is 17.3 Å². The molecule has 0 aliphatic heterocycles. The first-order valence-electron chi connectivity index (χ1n) is 7.97. The van der Waals surface area contributed by atoms with E-state index in [-0.39, 0.29) is 5.78 Å². The number of benzene rings is 2. The van der Waals surface area contributed by atoms with E-state index in [9.17, 15) is 4.79 Å². The lowest BCUT2D eigenvalue weighted by Crippen LogP contribution is -1.97. The molecule has 1 N–H and O–H groups in total. The van der Waals surface area contributed by atoms with Crippen molar-refractivity contribution in [2.45, 2.75) is 0 Å². The number of rotatable bonds is 6. The van der Waals surface area contributed by atoms with Crippen LogP contribution in [0, 0.1) is 0 Å². The molecule has 1 heterocycles. The van der Waals surface area contributed by atoms with Gasteiger partial charge >= 0.3 is 0 Å². The van der Waals surface area contributed by atoms with Crippen LogP contribution in [0.15, 0.2) is 48.5 Å². The average Bonchev–Trinajstić information content (AvgIpc) is 3.16. The molecular weight excluding hydrogens is 387 g/mol. The second-order valence-corrected chi connectivity index (χ2v) is 6.42.